The van der Waals surface area contributed by atoms with Crippen LogP contribution in [-0.4, -0.2) is 30.1 Å². The van der Waals surface area contributed by atoms with Gasteiger partial charge in [0.1, 0.15) is 17.4 Å². The molecule has 1 unspecified atom stereocenters. The lowest BCUT2D eigenvalue weighted by atomic mass is 10.1. The number of benzene rings is 1. The molecule has 0 saturated carbocycles. The molecule has 1 aromatic carbocycles. The number of carbonyl (C=O) groups excluding carboxylic acids is 2. The summed E-state index contributed by atoms with van der Waals surface area (Å²) in [6.07, 6.45) is 0.238. The first-order valence-corrected chi connectivity index (χ1v) is 7.06. The van der Waals surface area contributed by atoms with Crippen LogP contribution in [0.15, 0.2) is 24.3 Å². The maximum absolute atomic E-state index is 12.3. The first kappa shape index (κ1) is 15.4. The molecule has 5 nitrogen and oxygen atoms in total. The number of rotatable bonds is 2. The summed E-state index contributed by atoms with van der Waals surface area (Å²) >= 11 is 0. The van der Waals surface area contributed by atoms with E-state index in [4.69, 9.17) is 9.47 Å². The Kier molecular flexibility index (Phi) is 4.21. The van der Waals surface area contributed by atoms with E-state index in [-0.39, 0.29) is 12.3 Å². The number of anilines is 1. The number of esters is 1. The fourth-order valence-electron chi connectivity index (χ4n) is 2.20. The van der Waals surface area contributed by atoms with Gasteiger partial charge in [-0.1, -0.05) is 12.1 Å². The van der Waals surface area contributed by atoms with Crippen molar-refractivity contribution in [3.8, 4) is 5.75 Å². The Labute approximate surface area is 124 Å². The molecule has 1 atom stereocenters. The molecule has 0 aliphatic carbocycles. The maximum Gasteiger partial charge on any atom is 0.329 e. The van der Waals surface area contributed by atoms with Gasteiger partial charge in [0.25, 0.3) is 0 Å². The smallest absolute Gasteiger partial charge is 0.329 e. The predicted molar refractivity (Wildman–Crippen MR) is 79.3 cm³/mol. The molecule has 21 heavy (non-hydrogen) atoms. The number of nitrogens with zero attached hydrogens (tertiary/aromatic N) is 1. The van der Waals surface area contributed by atoms with Gasteiger partial charge in [-0.3, -0.25) is 9.69 Å². The lowest BCUT2D eigenvalue weighted by Gasteiger charge is -2.30. The van der Waals surface area contributed by atoms with E-state index in [0.29, 0.717) is 18.0 Å². The zero-order valence-electron chi connectivity index (χ0n) is 12.9. The summed E-state index contributed by atoms with van der Waals surface area (Å²) in [5, 5.41) is 0. The van der Waals surface area contributed by atoms with Crippen LogP contribution < -0.4 is 9.64 Å². The van der Waals surface area contributed by atoms with E-state index in [1.807, 2.05) is 12.1 Å². The number of hydrogen-bond acceptors (Lipinski definition) is 4. The van der Waals surface area contributed by atoms with E-state index in [9.17, 15) is 9.59 Å². The number of hydrogen-bond donors (Lipinski definition) is 0. The van der Waals surface area contributed by atoms with E-state index in [1.165, 1.54) is 4.90 Å². The van der Waals surface area contributed by atoms with Crippen LogP contribution in [0, 0.1) is 0 Å². The predicted octanol–water partition coefficient (Wildman–Crippen LogP) is 2.53. The first-order valence-electron chi connectivity index (χ1n) is 7.06. The van der Waals surface area contributed by atoms with Gasteiger partial charge in [-0.05, 0) is 39.8 Å². The van der Waals surface area contributed by atoms with Gasteiger partial charge in [0.15, 0.2) is 0 Å². The van der Waals surface area contributed by atoms with Crippen LogP contribution in [0.25, 0.3) is 0 Å². The van der Waals surface area contributed by atoms with Crippen LogP contribution in [0.4, 0.5) is 5.69 Å². The Bertz CT molecular complexity index is 547. The Hall–Kier alpha value is -2.04. The van der Waals surface area contributed by atoms with Crippen LogP contribution in [0.2, 0.25) is 0 Å². The summed E-state index contributed by atoms with van der Waals surface area (Å²) in [5.74, 6) is 0.0459. The van der Waals surface area contributed by atoms with Gasteiger partial charge in [-0.2, -0.15) is 0 Å². The molecule has 0 aromatic heterocycles. The summed E-state index contributed by atoms with van der Waals surface area (Å²) in [7, 11) is 0. The highest BCUT2D eigenvalue weighted by atomic mass is 16.6. The molecule has 0 radical (unpaired) electrons. The molecule has 0 N–H and O–H groups in total. The third kappa shape index (κ3) is 3.54. The highest BCUT2D eigenvalue weighted by Crippen LogP contribution is 2.32. The molecule has 1 aromatic rings. The van der Waals surface area contributed by atoms with E-state index in [2.05, 4.69) is 0 Å². The van der Waals surface area contributed by atoms with Gasteiger partial charge in [-0.15, -0.1) is 0 Å². The van der Waals surface area contributed by atoms with Crippen LogP contribution in [-0.2, 0) is 14.3 Å². The second-order valence-electron chi connectivity index (χ2n) is 6.04. The van der Waals surface area contributed by atoms with Gasteiger partial charge in [0, 0.05) is 0 Å². The van der Waals surface area contributed by atoms with Gasteiger partial charge >= 0.3 is 5.97 Å². The number of carbonyl (C=O) groups is 2. The Balaban J connectivity index is 2.32. The lowest BCUT2D eigenvalue weighted by Crippen LogP contribution is -2.45. The molecule has 114 valence electrons. The Morgan fingerprint density at radius 2 is 2.00 bits per heavy atom. The molecule has 0 fully saturated rings. The van der Waals surface area contributed by atoms with Crippen molar-refractivity contribution in [3.05, 3.63) is 24.3 Å². The Morgan fingerprint density at radius 1 is 1.33 bits per heavy atom. The van der Waals surface area contributed by atoms with Crippen molar-refractivity contribution in [2.75, 3.05) is 11.5 Å². The van der Waals surface area contributed by atoms with Crippen molar-refractivity contribution < 1.29 is 19.1 Å². The van der Waals surface area contributed by atoms with Crippen molar-refractivity contribution in [1.82, 2.24) is 0 Å². The van der Waals surface area contributed by atoms with Crippen molar-refractivity contribution in [3.63, 3.8) is 0 Å². The van der Waals surface area contributed by atoms with E-state index >= 15 is 0 Å². The van der Waals surface area contributed by atoms with Gasteiger partial charge in [0.05, 0.1) is 18.7 Å². The largest absolute Gasteiger partial charge is 0.491 e. The summed E-state index contributed by atoms with van der Waals surface area (Å²) in [6.45, 7) is 7.40. The molecule has 1 aliphatic heterocycles. The summed E-state index contributed by atoms with van der Waals surface area (Å²) in [6, 6.07) is 6.53. The average molecular weight is 291 g/mol. The van der Waals surface area contributed by atoms with Gasteiger partial charge < -0.3 is 9.47 Å². The molecule has 0 spiro atoms. The molecule has 0 bridgehead atoms. The second-order valence-corrected chi connectivity index (χ2v) is 6.04. The van der Waals surface area contributed by atoms with E-state index in [1.54, 1.807) is 39.8 Å². The molecule has 1 amide bonds. The van der Waals surface area contributed by atoms with Crippen molar-refractivity contribution in [1.29, 1.82) is 0 Å². The SMILES string of the molecule is CC(C(=O)OC(C)(C)C)N1C(=O)CCOc2ccccc21. The quantitative estimate of drug-likeness (QED) is 0.786. The zero-order valence-corrected chi connectivity index (χ0v) is 12.9. The summed E-state index contributed by atoms with van der Waals surface area (Å²) < 4.78 is 10.9. The standard InChI is InChI=1S/C16H21NO4/c1-11(15(19)21-16(2,3)4)17-12-7-5-6-8-13(12)20-10-9-14(17)18/h5-8,11H,9-10H2,1-4H3. The highest BCUT2D eigenvalue weighted by molar-refractivity contribution is 6.01. The van der Waals surface area contributed by atoms with Crippen molar-refractivity contribution in [2.24, 2.45) is 0 Å². The summed E-state index contributed by atoms with van der Waals surface area (Å²) in [5.41, 5.74) is 0.0225. The normalized spacial score (nSPS) is 16.6. The molecule has 5 heteroatoms. The average Bonchev–Trinajstić information content (AvgIpc) is 2.54. The number of ether oxygens (including phenoxy) is 2. The number of amides is 1. The number of fused-ring (bicyclic) bond motifs is 1. The molecular formula is C16H21NO4. The Morgan fingerprint density at radius 3 is 2.67 bits per heavy atom. The fourth-order valence-corrected chi connectivity index (χ4v) is 2.20. The molecular weight excluding hydrogens is 270 g/mol. The van der Waals surface area contributed by atoms with Crippen LogP contribution in [0.5, 0.6) is 5.75 Å². The third-order valence-electron chi connectivity index (χ3n) is 3.10. The minimum atomic E-state index is -0.695. The zero-order chi connectivity index (χ0) is 15.6. The second kappa shape index (κ2) is 5.76. The molecule has 0 saturated heterocycles. The van der Waals surface area contributed by atoms with Gasteiger partial charge in [0.2, 0.25) is 5.91 Å². The molecule has 1 heterocycles. The van der Waals surface area contributed by atoms with Crippen molar-refractivity contribution >= 4 is 17.6 Å². The van der Waals surface area contributed by atoms with E-state index in [0.717, 1.165) is 0 Å². The molecule has 1 aliphatic rings. The molecule has 2 rings (SSSR count). The minimum absolute atomic E-state index is 0.140. The summed E-state index contributed by atoms with van der Waals surface area (Å²) in [4.78, 5) is 26.1. The van der Waals surface area contributed by atoms with Gasteiger partial charge in [-0.25, -0.2) is 4.79 Å². The topological polar surface area (TPSA) is 55.8 Å². The van der Waals surface area contributed by atoms with E-state index < -0.39 is 17.6 Å². The maximum atomic E-state index is 12.3. The first-order chi connectivity index (χ1) is 9.79. The monoisotopic (exact) mass is 291 g/mol. The van der Waals surface area contributed by atoms with Crippen LogP contribution in [0.3, 0.4) is 0 Å². The number of para-hydroxylation sites is 2. The fraction of sp³-hybridized carbons (Fsp3) is 0.500. The minimum Gasteiger partial charge on any atom is -0.491 e. The third-order valence-corrected chi connectivity index (χ3v) is 3.10. The van der Waals surface area contributed by atoms with Crippen LogP contribution >= 0.6 is 0 Å². The van der Waals surface area contributed by atoms with Crippen LogP contribution in [0.1, 0.15) is 34.1 Å². The highest BCUT2D eigenvalue weighted by Gasteiger charge is 2.33. The van der Waals surface area contributed by atoms with Crippen molar-refractivity contribution in [2.45, 2.75) is 45.8 Å². The lowest BCUT2D eigenvalue weighted by molar-refractivity contribution is -0.156.